The molecule has 0 saturated carbocycles. The summed E-state index contributed by atoms with van der Waals surface area (Å²) in [5, 5.41) is 30.6. The van der Waals surface area contributed by atoms with E-state index in [4.69, 9.17) is 0 Å². The molecule has 2 atom stereocenters. The Balaban J connectivity index is 1.25. The zero-order chi connectivity index (χ0) is 19.8. The third-order valence-corrected chi connectivity index (χ3v) is 6.05. The van der Waals surface area contributed by atoms with E-state index in [9.17, 15) is 5.11 Å². The summed E-state index contributed by atoms with van der Waals surface area (Å²) >= 11 is 0. The first kappa shape index (κ1) is 18.1. The Morgan fingerprint density at radius 1 is 1.10 bits per heavy atom. The van der Waals surface area contributed by atoms with E-state index in [1.54, 1.807) is 10.7 Å². The maximum absolute atomic E-state index is 10.5. The lowest BCUT2D eigenvalue weighted by molar-refractivity contribution is 0.311. The number of benzene rings is 1. The Bertz CT molecular complexity index is 987. The van der Waals surface area contributed by atoms with E-state index in [0.29, 0.717) is 29.3 Å². The van der Waals surface area contributed by atoms with Crippen LogP contribution in [0.25, 0.3) is 16.9 Å². The number of nitrogens with one attached hydrogen (secondary N) is 2. The fourth-order valence-corrected chi connectivity index (χ4v) is 4.60. The van der Waals surface area contributed by atoms with Gasteiger partial charge in [-0.2, -0.15) is 5.10 Å². The highest BCUT2D eigenvalue weighted by atomic mass is 16.3. The summed E-state index contributed by atoms with van der Waals surface area (Å²) < 4.78 is 1.74. The number of hydrogen-bond acceptors (Lipinski definition) is 6. The van der Waals surface area contributed by atoms with Crippen molar-refractivity contribution < 1.29 is 5.11 Å². The molecule has 1 aromatic carbocycles. The molecule has 150 valence electrons. The van der Waals surface area contributed by atoms with Crippen LogP contribution in [0, 0.1) is 12.8 Å². The van der Waals surface area contributed by atoms with Crippen LogP contribution in [-0.2, 0) is 0 Å². The molecule has 2 aromatic heterocycles. The molecule has 4 heterocycles. The zero-order valence-corrected chi connectivity index (χ0v) is 16.5. The minimum atomic E-state index is 0.163. The van der Waals surface area contributed by atoms with Crippen molar-refractivity contribution in [3.63, 3.8) is 0 Å². The third kappa shape index (κ3) is 3.82. The van der Waals surface area contributed by atoms with Gasteiger partial charge in [-0.25, -0.2) is 4.68 Å². The van der Waals surface area contributed by atoms with Crippen LogP contribution in [0.15, 0.2) is 42.6 Å². The second-order valence-electron chi connectivity index (χ2n) is 8.26. The first-order valence-electron chi connectivity index (χ1n) is 10.3. The molecule has 3 aromatic rings. The largest absolute Gasteiger partial charge is 0.507 e. The van der Waals surface area contributed by atoms with Gasteiger partial charge in [0.2, 0.25) is 0 Å². The number of hydrogen-bond donors (Lipinski definition) is 3. The van der Waals surface area contributed by atoms with E-state index < -0.39 is 0 Å². The lowest BCUT2D eigenvalue weighted by Gasteiger charge is -2.29. The van der Waals surface area contributed by atoms with Gasteiger partial charge >= 0.3 is 0 Å². The molecule has 7 heteroatoms. The first-order valence-corrected chi connectivity index (χ1v) is 10.3. The van der Waals surface area contributed by atoms with Crippen molar-refractivity contribution in [1.29, 1.82) is 0 Å². The van der Waals surface area contributed by atoms with Gasteiger partial charge in [0, 0.05) is 36.5 Å². The molecule has 0 aliphatic carbocycles. The van der Waals surface area contributed by atoms with Gasteiger partial charge in [0.25, 0.3) is 0 Å². The molecule has 3 N–H and O–H groups in total. The standard InChI is InChI=1S/C22H26N6O/c1-14-8-9-28(27-14)18-4-5-19(21(29)12-18)20-6-7-22(26-25-20)23-13-15-10-16-2-3-17(11-15)24-16/h4-9,12,15-17,24,29H,2-3,10-11,13H2,1H3,(H,23,26). The predicted molar refractivity (Wildman–Crippen MR) is 112 cm³/mol. The number of phenolic OH excluding ortho intramolecular Hbond substituents is 1. The molecule has 0 radical (unpaired) electrons. The van der Waals surface area contributed by atoms with Crippen molar-refractivity contribution >= 4 is 5.82 Å². The van der Waals surface area contributed by atoms with E-state index in [1.807, 2.05) is 43.5 Å². The third-order valence-electron chi connectivity index (χ3n) is 6.05. The van der Waals surface area contributed by atoms with Crippen molar-refractivity contribution in [2.24, 2.45) is 5.92 Å². The lowest BCUT2D eigenvalue weighted by atomic mass is 9.92. The van der Waals surface area contributed by atoms with Gasteiger partial charge in [-0.1, -0.05) is 0 Å². The second kappa shape index (κ2) is 7.48. The molecule has 29 heavy (non-hydrogen) atoms. The summed E-state index contributed by atoms with van der Waals surface area (Å²) in [5.41, 5.74) is 3.05. The maximum atomic E-state index is 10.5. The van der Waals surface area contributed by atoms with E-state index in [2.05, 4.69) is 25.9 Å². The Labute approximate surface area is 170 Å². The summed E-state index contributed by atoms with van der Waals surface area (Å²) in [6.07, 6.45) is 6.99. The van der Waals surface area contributed by atoms with Crippen LogP contribution in [0.2, 0.25) is 0 Å². The van der Waals surface area contributed by atoms with Crippen LogP contribution in [0.1, 0.15) is 31.4 Å². The van der Waals surface area contributed by atoms with Gasteiger partial charge in [0.05, 0.1) is 17.1 Å². The highest BCUT2D eigenvalue weighted by molar-refractivity contribution is 5.68. The summed E-state index contributed by atoms with van der Waals surface area (Å²) in [6, 6.07) is 12.6. The maximum Gasteiger partial charge on any atom is 0.148 e. The lowest BCUT2D eigenvalue weighted by Crippen LogP contribution is -2.40. The summed E-state index contributed by atoms with van der Waals surface area (Å²) in [6.45, 7) is 2.87. The molecule has 2 fully saturated rings. The second-order valence-corrected chi connectivity index (χ2v) is 8.26. The number of fused-ring (bicyclic) bond motifs is 2. The van der Waals surface area contributed by atoms with Crippen molar-refractivity contribution in [1.82, 2.24) is 25.3 Å². The summed E-state index contributed by atoms with van der Waals surface area (Å²) in [7, 11) is 0. The molecule has 0 amide bonds. The molecule has 2 bridgehead atoms. The van der Waals surface area contributed by atoms with Crippen molar-refractivity contribution in [3.8, 4) is 22.7 Å². The molecule has 7 nitrogen and oxygen atoms in total. The number of aryl methyl sites for hydroxylation is 1. The average molecular weight is 390 g/mol. The zero-order valence-electron chi connectivity index (χ0n) is 16.5. The van der Waals surface area contributed by atoms with E-state index >= 15 is 0 Å². The van der Waals surface area contributed by atoms with Crippen molar-refractivity contribution in [3.05, 3.63) is 48.3 Å². The molecule has 2 aliphatic heterocycles. The number of aromatic hydroxyl groups is 1. The van der Waals surface area contributed by atoms with Crippen LogP contribution in [0.4, 0.5) is 5.82 Å². The number of anilines is 1. The first-order chi connectivity index (χ1) is 14.1. The number of aromatic nitrogens is 4. The van der Waals surface area contributed by atoms with Crippen LogP contribution < -0.4 is 10.6 Å². The van der Waals surface area contributed by atoms with E-state index in [1.165, 1.54) is 25.7 Å². The Morgan fingerprint density at radius 2 is 1.93 bits per heavy atom. The van der Waals surface area contributed by atoms with Gasteiger partial charge in [0.15, 0.2) is 0 Å². The van der Waals surface area contributed by atoms with E-state index in [-0.39, 0.29) is 5.75 Å². The van der Waals surface area contributed by atoms with E-state index in [0.717, 1.165) is 23.7 Å². The van der Waals surface area contributed by atoms with Gasteiger partial charge < -0.3 is 15.7 Å². The quantitative estimate of drug-likeness (QED) is 0.620. The number of piperidine rings is 1. The molecule has 2 unspecified atom stereocenters. The minimum Gasteiger partial charge on any atom is -0.507 e. The minimum absolute atomic E-state index is 0.163. The SMILES string of the molecule is Cc1ccn(-c2ccc(-c3ccc(NCC4CC5CCC(C4)N5)nn3)c(O)c2)n1. The molecule has 5 rings (SSSR count). The topological polar surface area (TPSA) is 87.9 Å². The van der Waals surface area contributed by atoms with Crippen LogP contribution in [0.3, 0.4) is 0 Å². The van der Waals surface area contributed by atoms with Gasteiger partial charge in [-0.05, 0) is 68.9 Å². The molecule has 2 aliphatic rings. The molecule has 0 spiro atoms. The van der Waals surface area contributed by atoms with Crippen molar-refractivity contribution in [2.75, 3.05) is 11.9 Å². The molecule has 2 saturated heterocycles. The van der Waals surface area contributed by atoms with Crippen molar-refractivity contribution in [2.45, 2.75) is 44.7 Å². The molecular formula is C22H26N6O. The predicted octanol–water partition coefficient (Wildman–Crippen LogP) is 3.29. The van der Waals surface area contributed by atoms with Crippen LogP contribution >= 0.6 is 0 Å². The fraction of sp³-hybridized carbons (Fsp3) is 0.409. The van der Waals surface area contributed by atoms with Crippen LogP contribution in [0.5, 0.6) is 5.75 Å². The monoisotopic (exact) mass is 390 g/mol. The number of rotatable bonds is 5. The smallest absolute Gasteiger partial charge is 0.148 e. The number of nitrogens with zero attached hydrogens (tertiary/aromatic N) is 4. The van der Waals surface area contributed by atoms with Gasteiger partial charge in [-0.3, -0.25) is 0 Å². The average Bonchev–Trinajstić information content (AvgIpc) is 3.31. The summed E-state index contributed by atoms with van der Waals surface area (Å²) in [4.78, 5) is 0. The normalized spacial score (nSPS) is 23.3. The van der Waals surface area contributed by atoms with Crippen LogP contribution in [-0.4, -0.2) is 43.7 Å². The Morgan fingerprint density at radius 3 is 2.59 bits per heavy atom. The summed E-state index contributed by atoms with van der Waals surface area (Å²) in [5.74, 6) is 1.64. The number of phenols is 1. The highest BCUT2D eigenvalue weighted by Crippen LogP contribution is 2.32. The molecular weight excluding hydrogens is 364 g/mol. The highest BCUT2D eigenvalue weighted by Gasteiger charge is 2.33. The van der Waals surface area contributed by atoms with Gasteiger partial charge in [-0.15, -0.1) is 10.2 Å². The Hall–Kier alpha value is -2.93. The van der Waals surface area contributed by atoms with Gasteiger partial charge in [0.1, 0.15) is 11.6 Å². The fourth-order valence-electron chi connectivity index (χ4n) is 4.60. The Kier molecular flexibility index (Phi) is 4.67.